The molecule has 2 aromatic rings. The van der Waals surface area contributed by atoms with Gasteiger partial charge < -0.3 is 44.5 Å². The lowest BCUT2D eigenvalue weighted by Gasteiger charge is -2.35. The molecule has 0 bridgehead atoms. The normalized spacial score (nSPS) is 24.3. The fourth-order valence-corrected chi connectivity index (χ4v) is 6.46. The third-order valence-electron chi connectivity index (χ3n) is 9.24. The summed E-state index contributed by atoms with van der Waals surface area (Å²) in [6.45, 7) is 16.7. The minimum absolute atomic E-state index is 0.00266. The molecule has 1 aromatic carbocycles. The van der Waals surface area contributed by atoms with Crippen LogP contribution < -0.4 is 25.0 Å². The van der Waals surface area contributed by atoms with E-state index in [1.807, 2.05) is 18.2 Å². The number of anilines is 1. The number of carboxylic acids is 1. The molecule has 1 aliphatic carbocycles. The number of rotatable bonds is 10. The highest BCUT2D eigenvalue weighted by molar-refractivity contribution is 5.96. The van der Waals surface area contributed by atoms with Crippen molar-refractivity contribution >= 4 is 40.6 Å². The molecule has 0 spiro atoms. The quantitative estimate of drug-likeness (QED) is 0.311. The van der Waals surface area contributed by atoms with Crippen molar-refractivity contribution in [1.82, 2.24) is 20.5 Å². The maximum Gasteiger partial charge on any atom is 0.408 e. The number of methoxy groups -OCH3 is 1. The zero-order valence-corrected chi connectivity index (χ0v) is 29.9. The summed E-state index contributed by atoms with van der Waals surface area (Å²) in [6.07, 6.45) is 0.331. The van der Waals surface area contributed by atoms with Crippen LogP contribution in [0.25, 0.3) is 10.9 Å². The molecule has 1 saturated carbocycles. The Balaban J connectivity index is 1.49. The van der Waals surface area contributed by atoms with Gasteiger partial charge in [0.25, 0.3) is 0 Å². The van der Waals surface area contributed by atoms with E-state index in [9.17, 15) is 24.3 Å². The molecule has 1 unspecified atom stereocenters. The van der Waals surface area contributed by atoms with Gasteiger partial charge >= 0.3 is 12.1 Å². The van der Waals surface area contributed by atoms with Gasteiger partial charge in [-0.1, -0.05) is 26.8 Å². The highest BCUT2D eigenvalue weighted by Gasteiger charge is 2.61. The molecule has 2 aliphatic heterocycles. The number of nitrogens with one attached hydrogen (secondary N) is 2. The molecule has 5 atom stereocenters. The first-order valence-electron chi connectivity index (χ1n) is 16.9. The highest BCUT2D eigenvalue weighted by Crippen LogP contribution is 2.45. The Morgan fingerprint density at radius 1 is 1.12 bits per heavy atom. The number of carbonyl (C=O) groups excluding carboxylic acids is 3. The molecule has 14 heteroatoms. The number of hydrogen-bond donors (Lipinski definition) is 3. The monoisotopic (exact) mass is 695 g/mol. The van der Waals surface area contributed by atoms with E-state index in [-0.39, 0.29) is 19.4 Å². The molecular weight excluding hydrogens is 646 g/mol. The Kier molecular flexibility index (Phi) is 10.2. The van der Waals surface area contributed by atoms with Crippen LogP contribution in [-0.4, -0.2) is 108 Å². The number of benzene rings is 1. The SMILES string of the molecule is C=C[C@H]1CC1(NC(=O)[C@@H]1C[C@@H](Oc2cc(N3CCOCC3)nc3cc(OC)ccc23)CN1C(=O)[C@@H](NC(=O)OC(C)(C)C)C(C)(C)C)C(=O)O. The molecule has 0 radical (unpaired) electrons. The van der Waals surface area contributed by atoms with E-state index in [1.165, 1.54) is 11.0 Å². The maximum atomic E-state index is 14.4. The number of carbonyl (C=O) groups is 4. The van der Waals surface area contributed by atoms with E-state index in [2.05, 4.69) is 22.1 Å². The molecule has 3 aliphatic rings. The first-order chi connectivity index (χ1) is 23.5. The van der Waals surface area contributed by atoms with Gasteiger partial charge in [0, 0.05) is 42.9 Å². The van der Waals surface area contributed by atoms with Crippen molar-refractivity contribution in [2.45, 2.75) is 83.7 Å². The second kappa shape index (κ2) is 14.0. The predicted octanol–water partition coefficient (Wildman–Crippen LogP) is 3.51. The smallest absolute Gasteiger partial charge is 0.408 e. The van der Waals surface area contributed by atoms with E-state index in [0.717, 1.165) is 0 Å². The molecule has 3 heterocycles. The van der Waals surface area contributed by atoms with Crippen molar-refractivity contribution < 1.29 is 43.2 Å². The number of morpholine rings is 1. The second-order valence-electron chi connectivity index (χ2n) is 15.2. The maximum absolute atomic E-state index is 14.4. The van der Waals surface area contributed by atoms with Crippen molar-refractivity contribution in [3.8, 4) is 11.5 Å². The number of pyridine rings is 1. The summed E-state index contributed by atoms with van der Waals surface area (Å²) in [5.41, 5.74) is -2.45. The summed E-state index contributed by atoms with van der Waals surface area (Å²) in [4.78, 5) is 62.0. The van der Waals surface area contributed by atoms with Gasteiger partial charge in [0.1, 0.15) is 46.6 Å². The minimum atomic E-state index is -1.50. The molecule has 50 heavy (non-hydrogen) atoms. The van der Waals surface area contributed by atoms with Gasteiger partial charge in [-0.3, -0.25) is 9.59 Å². The van der Waals surface area contributed by atoms with Gasteiger partial charge in [-0.2, -0.15) is 0 Å². The second-order valence-corrected chi connectivity index (χ2v) is 15.2. The Labute approximate surface area is 292 Å². The van der Waals surface area contributed by atoms with E-state index >= 15 is 0 Å². The molecular formula is C36H49N5O9. The van der Waals surface area contributed by atoms with Crippen LogP contribution >= 0.6 is 0 Å². The number of aliphatic carboxylic acids is 1. The standard InChI is InChI=1S/C36H49N5O9/c1-9-21-19-36(21,32(44)45)39-30(42)26-17-23(20-41(26)31(43)29(34(2,3)4)38-33(46)50-35(5,6)7)49-27-18-28(40-12-14-48-15-13-40)37-25-16-22(47-8)10-11-24(25)27/h9-11,16,18,21,23,26,29H,1,12-15,17,19-20H2,2-8H3,(H,38,46)(H,39,42)(H,44,45)/t21-,23+,26-,29+,36?/m0/s1. The Morgan fingerprint density at radius 3 is 2.40 bits per heavy atom. The lowest BCUT2D eigenvalue weighted by atomic mass is 9.85. The number of aromatic nitrogens is 1. The molecule has 14 nitrogen and oxygen atoms in total. The summed E-state index contributed by atoms with van der Waals surface area (Å²) < 4.78 is 23.1. The fourth-order valence-electron chi connectivity index (χ4n) is 6.46. The number of carboxylic acid groups (broad SMARTS) is 1. The average molecular weight is 696 g/mol. The summed E-state index contributed by atoms with van der Waals surface area (Å²) in [7, 11) is 1.58. The van der Waals surface area contributed by atoms with Crippen LogP contribution in [0, 0.1) is 11.3 Å². The van der Waals surface area contributed by atoms with Crippen molar-refractivity contribution in [2.24, 2.45) is 11.3 Å². The third-order valence-corrected chi connectivity index (χ3v) is 9.24. The molecule has 3 amide bonds. The highest BCUT2D eigenvalue weighted by atomic mass is 16.6. The average Bonchev–Trinajstić information content (AvgIpc) is 3.61. The summed E-state index contributed by atoms with van der Waals surface area (Å²) in [5.74, 6) is -0.948. The third kappa shape index (κ3) is 7.90. The topological polar surface area (TPSA) is 169 Å². The molecule has 2 saturated heterocycles. The Bertz CT molecular complexity index is 1640. The number of alkyl carbamates (subject to hydrolysis) is 1. The van der Waals surface area contributed by atoms with Crippen LogP contribution in [0.1, 0.15) is 54.4 Å². The number of hydrogen-bond acceptors (Lipinski definition) is 10. The van der Waals surface area contributed by atoms with Gasteiger partial charge in [0.15, 0.2) is 0 Å². The van der Waals surface area contributed by atoms with Crippen LogP contribution in [0.4, 0.5) is 10.6 Å². The van der Waals surface area contributed by atoms with Gasteiger partial charge in [-0.15, -0.1) is 6.58 Å². The molecule has 5 rings (SSSR count). The summed E-state index contributed by atoms with van der Waals surface area (Å²) in [5, 5.41) is 16.2. The van der Waals surface area contributed by atoms with Gasteiger partial charge in [-0.05, 0) is 44.7 Å². The number of nitrogens with zero attached hydrogens (tertiary/aromatic N) is 3. The van der Waals surface area contributed by atoms with Crippen molar-refractivity contribution in [1.29, 1.82) is 0 Å². The lowest BCUT2D eigenvalue weighted by molar-refractivity contribution is -0.146. The molecule has 3 N–H and O–H groups in total. The number of likely N-dealkylation sites (tertiary alicyclic amines) is 1. The molecule has 1 aromatic heterocycles. The van der Waals surface area contributed by atoms with E-state index in [0.29, 0.717) is 54.5 Å². The number of ether oxygens (including phenoxy) is 4. The Morgan fingerprint density at radius 2 is 1.82 bits per heavy atom. The van der Waals surface area contributed by atoms with E-state index < -0.39 is 64.5 Å². The zero-order chi connectivity index (χ0) is 36.6. The summed E-state index contributed by atoms with van der Waals surface area (Å²) >= 11 is 0. The van der Waals surface area contributed by atoms with Crippen molar-refractivity contribution in [3.05, 3.63) is 36.9 Å². The molecule has 272 valence electrons. The minimum Gasteiger partial charge on any atom is -0.497 e. The van der Waals surface area contributed by atoms with Crippen molar-refractivity contribution in [2.75, 3.05) is 44.9 Å². The fraction of sp³-hybridized carbons (Fsp3) is 0.583. The van der Waals surface area contributed by atoms with E-state index in [4.69, 9.17) is 23.9 Å². The number of fused-ring (bicyclic) bond motifs is 1. The van der Waals surface area contributed by atoms with E-state index in [1.54, 1.807) is 54.7 Å². The van der Waals surface area contributed by atoms with Crippen LogP contribution in [0.5, 0.6) is 11.5 Å². The van der Waals surface area contributed by atoms with Crippen molar-refractivity contribution in [3.63, 3.8) is 0 Å². The van der Waals surface area contributed by atoms with Crippen LogP contribution in [0.15, 0.2) is 36.9 Å². The Hall–Kier alpha value is -4.59. The molecule has 3 fully saturated rings. The van der Waals surface area contributed by atoms with Crippen LogP contribution in [0.2, 0.25) is 0 Å². The van der Waals surface area contributed by atoms with Gasteiger partial charge in [0.2, 0.25) is 11.8 Å². The summed E-state index contributed by atoms with van der Waals surface area (Å²) in [6, 6.07) is 5.15. The first-order valence-corrected chi connectivity index (χ1v) is 16.9. The van der Waals surface area contributed by atoms with Gasteiger partial charge in [0.05, 0.1) is 32.4 Å². The zero-order valence-electron chi connectivity index (χ0n) is 29.9. The van der Waals surface area contributed by atoms with Crippen LogP contribution in [0.3, 0.4) is 0 Å². The lowest BCUT2D eigenvalue weighted by Crippen LogP contribution is -2.59. The largest absolute Gasteiger partial charge is 0.497 e. The van der Waals surface area contributed by atoms with Gasteiger partial charge in [-0.25, -0.2) is 14.6 Å². The van der Waals surface area contributed by atoms with Crippen LogP contribution in [-0.2, 0) is 23.9 Å². The predicted molar refractivity (Wildman–Crippen MR) is 185 cm³/mol. The first kappa shape index (κ1) is 36.7. The number of amides is 3.